The fraction of sp³-hybridized carbons (Fsp3) is 0.562. The molecule has 1 aliphatic heterocycles. The van der Waals surface area contributed by atoms with Crippen LogP contribution in [0, 0.1) is 25.7 Å². The molecule has 0 spiro atoms. The van der Waals surface area contributed by atoms with Gasteiger partial charge >= 0.3 is 0 Å². The number of carbonyl (C=O) groups is 1. The van der Waals surface area contributed by atoms with E-state index in [0.29, 0.717) is 11.8 Å². The maximum absolute atomic E-state index is 12.5. The van der Waals surface area contributed by atoms with Gasteiger partial charge in [0, 0.05) is 18.7 Å². The Hall–Kier alpha value is -1.31. The summed E-state index contributed by atoms with van der Waals surface area (Å²) in [6.07, 6.45) is 1.23. The normalized spacial score (nSPS) is 24.1. The van der Waals surface area contributed by atoms with Crippen LogP contribution >= 0.6 is 0 Å². The molecule has 2 heteroatoms. The van der Waals surface area contributed by atoms with Gasteiger partial charge in [-0.3, -0.25) is 4.79 Å². The molecule has 0 bridgehead atoms. The maximum atomic E-state index is 12.5. The van der Waals surface area contributed by atoms with E-state index in [0.717, 1.165) is 29.8 Å². The van der Waals surface area contributed by atoms with Crippen molar-refractivity contribution in [1.82, 2.24) is 4.90 Å². The first-order valence-corrected chi connectivity index (χ1v) is 6.83. The van der Waals surface area contributed by atoms with E-state index >= 15 is 0 Å². The van der Waals surface area contributed by atoms with E-state index in [1.165, 1.54) is 6.42 Å². The quantitative estimate of drug-likeness (QED) is 0.742. The average Bonchev–Trinajstić information content (AvgIpc) is 2.25. The Labute approximate surface area is 110 Å². The van der Waals surface area contributed by atoms with E-state index in [9.17, 15) is 4.79 Å². The predicted molar refractivity (Wildman–Crippen MR) is 74.8 cm³/mol. The van der Waals surface area contributed by atoms with Gasteiger partial charge in [0.15, 0.2) is 0 Å². The smallest absolute Gasteiger partial charge is 0.253 e. The maximum Gasteiger partial charge on any atom is 0.253 e. The van der Waals surface area contributed by atoms with Crippen molar-refractivity contribution in [3.8, 4) is 0 Å². The summed E-state index contributed by atoms with van der Waals surface area (Å²) in [6, 6.07) is 6.11. The van der Waals surface area contributed by atoms with Crippen LogP contribution in [-0.2, 0) is 0 Å². The Morgan fingerprint density at radius 1 is 1.06 bits per heavy atom. The highest BCUT2D eigenvalue weighted by atomic mass is 16.2. The lowest BCUT2D eigenvalue weighted by atomic mass is 9.91. The molecule has 1 aromatic carbocycles. The Bertz CT molecular complexity index is 422. The molecule has 2 nitrogen and oxygen atoms in total. The average molecular weight is 245 g/mol. The number of hydrogen-bond donors (Lipinski definition) is 0. The number of benzene rings is 1. The zero-order valence-corrected chi connectivity index (χ0v) is 11.9. The zero-order chi connectivity index (χ0) is 13.3. The van der Waals surface area contributed by atoms with E-state index < -0.39 is 0 Å². The summed E-state index contributed by atoms with van der Waals surface area (Å²) in [4.78, 5) is 14.5. The monoisotopic (exact) mass is 245 g/mol. The molecule has 0 radical (unpaired) electrons. The highest BCUT2D eigenvalue weighted by molar-refractivity contribution is 5.94. The standard InChI is InChI=1S/C16H23NO/c1-11-5-12(2)8-15(7-11)16(18)17-9-13(3)6-14(4)10-17/h5,7-8,13-14H,6,9-10H2,1-4H3/t13-,14-/m1/s1. The van der Waals surface area contributed by atoms with Crippen molar-refractivity contribution in [3.05, 3.63) is 34.9 Å². The van der Waals surface area contributed by atoms with Crippen LogP contribution in [0.3, 0.4) is 0 Å². The number of aryl methyl sites for hydroxylation is 2. The van der Waals surface area contributed by atoms with Gasteiger partial charge in [-0.1, -0.05) is 31.0 Å². The van der Waals surface area contributed by atoms with Gasteiger partial charge in [0.25, 0.3) is 5.91 Å². The van der Waals surface area contributed by atoms with Crippen LogP contribution in [0.4, 0.5) is 0 Å². The number of nitrogens with zero attached hydrogens (tertiary/aromatic N) is 1. The highest BCUT2D eigenvalue weighted by Gasteiger charge is 2.26. The Balaban J connectivity index is 2.20. The second-order valence-electron chi connectivity index (χ2n) is 6.03. The van der Waals surface area contributed by atoms with Crippen LogP contribution in [0.2, 0.25) is 0 Å². The van der Waals surface area contributed by atoms with E-state index in [2.05, 4.69) is 19.9 Å². The third-order valence-corrected chi connectivity index (χ3v) is 3.62. The highest BCUT2D eigenvalue weighted by Crippen LogP contribution is 2.23. The number of hydrogen-bond acceptors (Lipinski definition) is 1. The van der Waals surface area contributed by atoms with Crippen molar-refractivity contribution in [1.29, 1.82) is 0 Å². The van der Waals surface area contributed by atoms with Crippen LogP contribution in [0.15, 0.2) is 18.2 Å². The lowest BCUT2D eigenvalue weighted by Crippen LogP contribution is -2.42. The van der Waals surface area contributed by atoms with Crippen molar-refractivity contribution in [2.24, 2.45) is 11.8 Å². The van der Waals surface area contributed by atoms with Crippen molar-refractivity contribution < 1.29 is 4.79 Å². The van der Waals surface area contributed by atoms with Crippen LogP contribution < -0.4 is 0 Å². The minimum absolute atomic E-state index is 0.195. The zero-order valence-electron chi connectivity index (χ0n) is 11.9. The topological polar surface area (TPSA) is 20.3 Å². The van der Waals surface area contributed by atoms with Gasteiger partial charge in [0.05, 0.1) is 0 Å². The molecule has 0 aliphatic carbocycles. The SMILES string of the molecule is Cc1cc(C)cc(C(=O)N2C[C@H](C)C[C@@H](C)C2)c1. The Kier molecular flexibility index (Phi) is 3.74. The van der Waals surface area contributed by atoms with E-state index in [1.807, 2.05) is 30.9 Å². The fourth-order valence-electron chi connectivity index (χ4n) is 3.11. The first-order chi connectivity index (χ1) is 8.45. The van der Waals surface area contributed by atoms with E-state index in [1.54, 1.807) is 0 Å². The lowest BCUT2D eigenvalue weighted by molar-refractivity contribution is 0.0623. The fourth-order valence-corrected chi connectivity index (χ4v) is 3.11. The summed E-state index contributed by atoms with van der Waals surface area (Å²) < 4.78 is 0. The number of amides is 1. The van der Waals surface area contributed by atoms with E-state index in [-0.39, 0.29) is 5.91 Å². The van der Waals surface area contributed by atoms with Crippen molar-refractivity contribution in [3.63, 3.8) is 0 Å². The first kappa shape index (κ1) is 13.1. The molecule has 98 valence electrons. The van der Waals surface area contributed by atoms with Gasteiger partial charge < -0.3 is 4.90 Å². The molecule has 1 fully saturated rings. The minimum Gasteiger partial charge on any atom is -0.338 e. The molecule has 1 aromatic rings. The summed E-state index contributed by atoms with van der Waals surface area (Å²) in [5.74, 6) is 1.42. The third-order valence-electron chi connectivity index (χ3n) is 3.62. The van der Waals surface area contributed by atoms with E-state index in [4.69, 9.17) is 0 Å². The molecule has 18 heavy (non-hydrogen) atoms. The minimum atomic E-state index is 0.195. The van der Waals surface area contributed by atoms with Gasteiger partial charge in [-0.15, -0.1) is 0 Å². The Morgan fingerprint density at radius 3 is 2.06 bits per heavy atom. The van der Waals surface area contributed by atoms with Crippen molar-refractivity contribution in [2.75, 3.05) is 13.1 Å². The van der Waals surface area contributed by atoms with Crippen molar-refractivity contribution >= 4 is 5.91 Å². The lowest BCUT2D eigenvalue weighted by Gasteiger charge is -2.35. The molecular weight excluding hydrogens is 222 g/mol. The van der Waals surface area contributed by atoms with Crippen LogP contribution in [0.1, 0.15) is 41.8 Å². The molecule has 0 N–H and O–H groups in total. The molecule has 1 saturated heterocycles. The molecular formula is C16H23NO. The number of carbonyl (C=O) groups excluding carboxylic acids is 1. The van der Waals surface area contributed by atoms with Crippen molar-refractivity contribution in [2.45, 2.75) is 34.1 Å². The Morgan fingerprint density at radius 2 is 1.56 bits per heavy atom. The molecule has 0 unspecified atom stereocenters. The molecule has 0 aromatic heterocycles. The summed E-state index contributed by atoms with van der Waals surface area (Å²) in [6.45, 7) is 10.4. The van der Waals surface area contributed by atoms with Gasteiger partial charge in [-0.25, -0.2) is 0 Å². The van der Waals surface area contributed by atoms with Gasteiger partial charge in [-0.05, 0) is 44.2 Å². The van der Waals surface area contributed by atoms with Gasteiger partial charge in [-0.2, -0.15) is 0 Å². The molecule has 1 aliphatic rings. The van der Waals surface area contributed by atoms with Crippen LogP contribution in [0.5, 0.6) is 0 Å². The molecule has 2 rings (SSSR count). The summed E-state index contributed by atoms with van der Waals surface area (Å²) in [5.41, 5.74) is 3.17. The second-order valence-corrected chi connectivity index (χ2v) is 6.03. The molecule has 1 heterocycles. The second kappa shape index (κ2) is 5.13. The predicted octanol–water partition coefficient (Wildman–Crippen LogP) is 3.42. The molecule has 2 atom stereocenters. The summed E-state index contributed by atoms with van der Waals surface area (Å²) >= 11 is 0. The van der Waals surface area contributed by atoms with Crippen LogP contribution in [0.25, 0.3) is 0 Å². The number of rotatable bonds is 1. The number of piperidine rings is 1. The van der Waals surface area contributed by atoms with Gasteiger partial charge in [0.2, 0.25) is 0 Å². The third kappa shape index (κ3) is 2.92. The molecule has 1 amide bonds. The van der Waals surface area contributed by atoms with Crippen LogP contribution in [-0.4, -0.2) is 23.9 Å². The summed E-state index contributed by atoms with van der Waals surface area (Å²) in [7, 11) is 0. The largest absolute Gasteiger partial charge is 0.338 e. The number of likely N-dealkylation sites (tertiary alicyclic amines) is 1. The molecule has 0 saturated carbocycles. The summed E-state index contributed by atoms with van der Waals surface area (Å²) in [5, 5.41) is 0. The first-order valence-electron chi connectivity index (χ1n) is 6.83. The van der Waals surface area contributed by atoms with Gasteiger partial charge in [0.1, 0.15) is 0 Å².